The molecule has 0 atom stereocenters. The lowest BCUT2D eigenvalue weighted by atomic mass is 9.95. The van der Waals surface area contributed by atoms with Crippen molar-refractivity contribution in [3.05, 3.63) is 59.2 Å². The van der Waals surface area contributed by atoms with Crippen molar-refractivity contribution >= 4 is 23.2 Å². The second-order valence-corrected chi connectivity index (χ2v) is 6.75. The fraction of sp³-hybridized carbons (Fsp3) is 0.300. The second kappa shape index (κ2) is 7.73. The summed E-state index contributed by atoms with van der Waals surface area (Å²) in [5.41, 5.74) is 7.76. The highest BCUT2D eigenvalue weighted by Gasteiger charge is 2.29. The Morgan fingerprint density at radius 2 is 1.81 bits per heavy atom. The predicted molar refractivity (Wildman–Crippen MR) is 99.2 cm³/mol. The molecule has 27 heavy (non-hydrogen) atoms. The molecule has 1 aliphatic rings. The standard InChI is InChI=1S/C20H21F2N3O2/c1-12-2-4-15(23)11-18(12)24-19(26)13-6-8-25(9-7-13)20(27)16-5-3-14(21)10-17(16)22/h2-5,10-11,13H,6-9,23H2,1H3,(H,24,26). The third kappa shape index (κ3) is 4.24. The summed E-state index contributed by atoms with van der Waals surface area (Å²) in [6.07, 6.45) is 0.948. The molecule has 0 spiro atoms. The summed E-state index contributed by atoms with van der Waals surface area (Å²) in [6.45, 7) is 2.56. The highest BCUT2D eigenvalue weighted by atomic mass is 19.1. The lowest BCUT2D eigenvalue weighted by Crippen LogP contribution is -2.41. The first-order chi connectivity index (χ1) is 12.8. The number of aryl methyl sites for hydroxylation is 1. The van der Waals surface area contributed by atoms with Gasteiger partial charge >= 0.3 is 0 Å². The molecule has 0 radical (unpaired) electrons. The fourth-order valence-corrected chi connectivity index (χ4v) is 3.19. The van der Waals surface area contributed by atoms with Crippen molar-refractivity contribution in [1.82, 2.24) is 4.90 Å². The van der Waals surface area contributed by atoms with Gasteiger partial charge in [-0.2, -0.15) is 0 Å². The number of halogens is 2. The van der Waals surface area contributed by atoms with Crippen molar-refractivity contribution in [3.63, 3.8) is 0 Å². The van der Waals surface area contributed by atoms with Crippen LogP contribution in [0.5, 0.6) is 0 Å². The molecule has 5 nitrogen and oxygen atoms in total. The number of anilines is 2. The summed E-state index contributed by atoms with van der Waals surface area (Å²) in [5, 5.41) is 2.89. The van der Waals surface area contributed by atoms with Crippen molar-refractivity contribution in [1.29, 1.82) is 0 Å². The van der Waals surface area contributed by atoms with Gasteiger partial charge in [0.1, 0.15) is 11.6 Å². The maximum Gasteiger partial charge on any atom is 0.256 e. The number of benzene rings is 2. The minimum atomic E-state index is -0.878. The van der Waals surface area contributed by atoms with E-state index in [0.717, 1.165) is 17.7 Å². The number of nitrogens with two attached hydrogens (primary N) is 1. The molecular formula is C20H21F2N3O2. The van der Waals surface area contributed by atoms with Gasteiger partial charge in [0.2, 0.25) is 5.91 Å². The van der Waals surface area contributed by atoms with E-state index in [2.05, 4.69) is 5.32 Å². The van der Waals surface area contributed by atoms with Gasteiger partial charge in [0.25, 0.3) is 5.91 Å². The number of carbonyl (C=O) groups excluding carboxylic acids is 2. The third-order valence-corrected chi connectivity index (χ3v) is 4.83. The molecule has 142 valence electrons. The van der Waals surface area contributed by atoms with Gasteiger partial charge in [-0.05, 0) is 49.6 Å². The monoisotopic (exact) mass is 373 g/mol. The van der Waals surface area contributed by atoms with Gasteiger partial charge in [0.15, 0.2) is 0 Å². The zero-order chi connectivity index (χ0) is 19.6. The molecule has 0 bridgehead atoms. The molecule has 7 heteroatoms. The van der Waals surface area contributed by atoms with Crippen LogP contribution in [0.15, 0.2) is 36.4 Å². The summed E-state index contributed by atoms with van der Waals surface area (Å²) in [7, 11) is 0. The van der Waals surface area contributed by atoms with Crippen molar-refractivity contribution in [2.75, 3.05) is 24.1 Å². The number of amides is 2. The van der Waals surface area contributed by atoms with Crippen LogP contribution in [0.2, 0.25) is 0 Å². The molecule has 2 aromatic rings. The van der Waals surface area contributed by atoms with Gasteiger partial charge < -0.3 is 16.0 Å². The zero-order valence-corrected chi connectivity index (χ0v) is 15.0. The lowest BCUT2D eigenvalue weighted by Gasteiger charge is -2.31. The van der Waals surface area contributed by atoms with E-state index in [1.165, 1.54) is 4.90 Å². The van der Waals surface area contributed by atoms with Gasteiger partial charge in [-0.1, -0.05) is 6.07 Å². The Bertz CT molecular complexity index is 878. The maximum absolute atomic E-state index is 13.8. The average Bonchev–Trinajstić information content (AvgIpc) is 2.64. The summed E-state index contributed by atoms with van der Waals surface area (Å²) < 4.78 is 26.8. The first-order valence-electron chi connectivity index (χ1n) is 8.76. The number of piperidine rings is 1. The Labute approximate surface area is 156 Å². The number of nitrogen functional groups attached to an aromatic ring is 1. The first-order valence-corrected chi connectivity index (χ1v) is 8.76. The highest BCUT2D eigenvalue weighted by Crippen LogP contribution is 2.24. The molecule has 0 unspecified atom stereocenters. The number of nitrogens with one attached hydrogen (secondary N) is 1. The van der Waals surface area contributed by atoms with Crippen molar-refractivity contribution in [2.24, 2.45) is 5.92 Å². The minimum Gasteiger partial charge on any atom is -0.399 e. The van der Waals surface area contributed by atoms with Crippen LogP contribution < -0.4 is 11.1 Å². The Hall–Kier alpha value is -2.96. The molecule has 0 aliphatic carbocycles. The van der Waals surface area contributed by atoms with Crippen LogP contribution in [0.25, 0.3) is 0 Å². The number of rotatable bonds is 3. The van der Waals surface area contributed by atoms with Crippen molar-refractivity contribution in [2.45, 2.75) is 19.8 Å². The molecular weight excluding hydrogens is 352 g/mol. The van der Waals surface area contributed by atoms with Crippen LogP contribution in [0.4, 0.5) is 20.2 Å². The Morgan fingerprint density at radius 3 is 2.48 bits per heavy atom. The Kier molecular flexibility index (Phi) is 5.39. The SMILES string of the molecule is Cc1ccc(N)cc1NC(=O)C1CCN(C(=O)c2ccc(F)cc2F)CC1. The van der Waals surface area contributed by atoms with Gasteiger partial charge in [-0.25, -0.2) is 8.78 Å². The van der Waals surface area contributed by atoms with Crippen molar-refractivity contribution in [3.8, 4) is 0 Å². The fourth-order valence-electron chi connectivity index (χ4n) is 3.19. The predicted octanol–water partition coefficient (Wildman–Crippen LogP) is 3.35. The van der Waals surface area contributed by atoms with Crippen LogP contribution in [-0.2, 0) is 4.79 Å². The number of hydrogen-bond donors (Lipinski definition) is 2. The number of hydrogen-bond acceptors (Lipinski definition) is 3. The quantitative estimate of drug-likeness (QED) is 0.810. The Morgan fingerprint density at radius 1 is 1.11 bits per heavy atom. The molecule has 0 saturated carbocycles. The average molecular weight is 373 g/mol. The van der Waals surface area contributed by atoms with Crippen LogP contribution in [0.1, 0.15) is 28.8 Å². The largest absolute Gasteiger partial charge is 0.399 e. The maximum atomic E-state index is 13.8. The molecule has 3 N–H and O–H groups in total. The summed E-state index contributed by atoms with van der Waals surface area (Å²) in [5.74, 6) is -2.46. The number of likely N-dealkylation sites (tertiary alicyclic amines) is 1. The smallest absolute Gasteiger partial charge is 0.256 e. The second-order valence-electron chi connectivity index (χ2n) is 6.75. The van der Waals surface area contributed by atoms with Gasteiger partial charge in [-0.15, -0.1) is 0 Å². The van der Waals surface area contributed by atoms with E-state index in [4.69, 9.17) is 5.73 Å². The molecule has 1 fully saturated rings. The summed E-state index contributed by atoms with van der Waals surface area (Å²) in [4.78, 5) is 26.4. The van der Waals surface area contributed by atoms with Crippen LogP contribution in [0.3, 0.4) is 0 Å². The van der Waals surface area contributed by atoms with Crippen molar-refractivity contribution < 1.29 is 18.4 Å². The van der Waals surface area contributed by atoms with Crippen LogP contribution in [0, 0.1) is 24.5 Å². The van der Waals surface area contributed by atoms with E-state index in [0.29, 0.717) is 43.4 Å². The molecule has 1 saturated heterocycles. The van der Waals surface area contributed by atoms with E-state index >= 15 is 0 Å². The van der Waals surface area contributed by atoms with E-state index in [1.807, 2.05) is 13.0 Å². The van der Waals surface area contributed by atoms with E-state index in [-0.39, 0.29) is 17.4 Å². The van der Waals surface area contributed by atoms with Crippen LogP contribution in [-0.4, -0.2) is 29.8 Å². The molecule has 1 aliphatic heterocycles. The Balaban J connectivity index is 1.60. The number of nitrogens with zero attached hydrogens (tertiary/aromatic N) is 1. The topological polar surface area (TPSA) is 75.4 Å². The molecule has 2 aromatic carbocycles. The summed E-state index contributed by atoms with van der Waals surface area (Å²) in [6, 6.07) is 8.22. The van der Waals surface area contributed by atoms with Crippen LogP contribution >= 0.6 is 0 Å². The molecule has 0 aromatic heterocycles. The normalized spacial score (nSPS) is 14.9. The highest BCUT2D eigenvalue weighted by molar-refractivity contribution is 5.96. The van der Waals surface area contributed by atoms with E-state index in [9.17, 15) is 18.4 Å². The number of carbonyl (C=O) groups is 2. The molecule has 1 heterocycles. The minimum absolute atomic E-state index is 0.122. The zero-order valence-electron chi connectivity index (χ0n) is 15.0. The van der Waals surface area contributed by atoms with Gasteiger partial charge in [0.05, 0.1) is 5.56 Å². The third-order valence-electron chi connectivity index (χ3n) is 4.83. The lowest BCUT2D eigenvalue weighted by molar-refractivity contribution is -0.121. The van der Waals surface area contributed by atoms with Gasteiger partial charge in [-0.3, -0.25) is 9.59 Å². The molecule has 2 amide bonds. The molecule has 3 rings (SSSR count). The van der Waals surface area contributed by atoms with E-state index in [1.54, 1.807) is 12.1 Å². The van der Waals surface area contributed by atoms with Gasteiger partial charge in [0, 0.05) is 36.4 Å². The summed E-state index contributed by atoms with van der Waals surface area (Å²) >= 11 is 0. The first kappa shape index (κ1) is 18.8. The van der Waals surface area contributed by atoms with E-state index < -0.39 is 17.5 Å².